The number of amides is 1. The van der Waals surface area contributed by atoms with Crippen molar-refractivity contribution >= 4 is 35.0 Å². The predicted octanol–water partition coefficient (Wildman–Crippen LogP) is 2.81. The molecule has 0 atom stereocenters. The van der Waals surface area contributed by atoms with Crippen LogP contribution in [0.5, 0.6) is 0 Å². The summed E-state index contributed by atoms with van der Waals surface area (Å²) in [4.78, 5) is 28.8. The number of nitrogens with one attached hydrogen (secondary N) is 1. The quantitative estimate of drug-likeness (QED) is 0.568. The number of aryl methyl sites for hydroxylation is 1. The minimum absolute atomic E-state index is 0.0952. The molecule has 0 radical (unpaired) electrons. The van der Waals surface area contributed by atoms with Gasteiger partial charge in [0.25, 0.3) is 0 Å². The van der Waals surface area contributed by atoms with Crippen molar-refractivity contribution in [3.8, 4) is 0 Å². The van der Waals surface area contributed by atoms with E-state index in [-0.39, 0.29) is 30.5 Å². The lowest BCUT2D eigenvalue weighted by molar-refractivity contribution is -0.113. The lowest BCUT2D eigenvalue weighted by atomic mass is 9.97. The Kier molecular flexibility index (Phi) is 6.57. The molecule has 0 saturated carbocycles. The Hall–Kier alpha value is -1.83. The van der Waals surface area contributed by atoms with E-state index in [0.717, 1.165) is 42.5 Å². The van der Waals surface area contributed by atoms with Crippen molar-refractivity contribution < 1.29 is 9.90 Å². The van der Waals surface area contributed by atoms with Gasteiger partial charge in [0.1, 0.15) is 5.03 Å². The summed E-state index contributed by atoms with van der Waals surface area (Å²) in [6.07, 6.45) is 3.69. The molecule has 0 unspecified atom stereocenters. The highest BCUT2D eigenvalue weighted by Gasteiger charge is 2.21. The molecule has 1 heterocycles. The monoisotopic (exact) mass is 407 g/mol. The average Bonchev–Trinajstić information content (AvgIpc) is 2.65. The topological polar surface area (TPSA) is 84.2 Å². The van der Waals surface area contributed by atoms with Crippen LogP contribution in [0.2, 0.25) is 5.02 Å². The number of aromatic nitrogens is 2. The van der Waals surface area contributed by atoms with Crippen molar-refractivity contribution in [2.75, 3.05) is 17.7 Å². The maximum absolute atomic E-state index is 12.3. The van der Waals surface area contributed by atoms with Gasteiger partial charge in [-0.3, -0.25) is 9.36 Å². The first-order valence-corrected chi connectivity index (χ1v) is 10.3. The Balaban J connectivity index is 1.73. The van der Waals surface area contributed by atoms with Gasteiger partial charge < -0.3 is 10.4 Å². The Morgan fingerprint density at radius 3 is 2.89 bits per heavy atom. The second-order valence-electron chi connectivity index (χ2n) is 6.51. The van der Waals surface area contributed by atoms with Gasteiger partial charge in [0.15, 0.2) is 0 Å². The molecule has 0 aliphatic heterocycles. The summed E-state index contributed by atoms with van der Waals surface area (Å²) in [5.41, 5.74) is 3.21. The largest absolute Gasteiger partial charge is 0.395 e. The van der Waals surface area contributed by atoms with Crippen molar-refractivity contribution in [2.45, 2.75) is 44.2 Å². The number of hydrogen-bond donors (Lipinski definition) is 2. The van der Waals surface area contributed by atoms with Crippen LogP contribution in [0, 0.1) is 6.92 Å². The fourth-order valence-corrected chi connectivity index (χ4v) is 4.26. The molecule has 2 N–H and O–H groups in total. The van der Waals surface area contributed by atoms with Gasteiger partial charge in [0.05, 0.1) is 18.9 Å². The minimum atomic E-state index is -0.363. The predicted molar refractivity (Wildman–Crippen MR) is 108 cm³/mol. The number of hydrogen-bond acceptors (Lipinski definition) is 5. The van der Waals surface area contributed by atoms with E-state index < -0.39 is 0 Å². The van der Waals surface area contributed by atoms with Crippen LogP contribution in [-0.4, -0.2) is 32.9 Å². The zero-order chi connectivity index (χ0) is 19.4. The first kappa shape index (κ1) is 19.9. The highest BCUT2D eigenvalue weighted by molar-refractivity contribution is 8.00. The van der Waals surface area contributed by atoms with Crippen LogP contribution in [0.4, 0.5) is 5.69 Å². The number of fused-ring (bicyclic) bond motifs is 1. The maximum Gasteiger partial charge on any atom is 0.348 e. The first-order valence-electron chi connectivity index (χ1n) is 8.92. The van der Waals surface area contributed by atoms with Crippen LogP contribution >= 0.6 is 23.4 Å². The Bertz CT molecular complexity index is 914. The van der Waals surface area contributed by atoms with Crippen LogP contribution in [0.15, 0.2) is 28.0 Å². The molecule has 27 heavy (non-hydrogen) atoms. The molecule has 2 aromatic rings. The van der Waals surface area contributed by atoms with E-state index in [0.29, 0.717) is 15.7 Å². The van der Waals surface area contributed by atoms with Crippen LogP contribution in [0.1, 0.15) is 29.7 Å². The highest BCUT2D eigenvalue weighted by atomic mass is 35.5. The van der Waals surface area contributed by atoms with Crippen LogP contribution in [-0.2, 0) is 24.2 Å². The zero-order valence-electron chi connectivity index (χ0n) is 15.1. The Morgan fingerprint density at radius 2 is 2.15 bits per heavy atom. The standard InChI is InChI=1S/C19H22ClN3O3S/c1-12-6-7-13(10-15(12)20)21-17(25)11-27-18-14-4-2-3-5-16(14)23(8-9-24)19(26)22-18/h6-7,10,24H,2-5,8-9,11H2,1H3,(H,21,25). The number of nitrogens with zero attached hydrogens (tertiary/aromatic N) is 2. The molecule has 144 valence electrons. The van der Waals surface area contributed by atoms with Gasteiger partial charge in [-0.15, -0.1) is 0 Å². The number of rotatable bonds is 6. The van der Waals surface area contributed by atoms with Gasteiger partial charge in [0, 0.05) is 22.0 Å². The molecule has 1 aliphatic carbocycles. The Labute approximate surface area is 167 Å². The fourth-order valence-electron chi connectivity index (χ4n) is 3.20. The number of anilines is 1. The number of aliphatic hydroxyl groups excluding tert-OH is 1. The lowest BCUT2D eigenvalue weighted by Crippen LogP contribution is -2.31. The number of thioether (sulfide) groups is 1. The average molecular weight is 408 g/mol. The van der Waals surface area contributed by atoms with Crippen molar-refractivity contribution in [2.24, 2.45) is 0 Å². The van der Waals surface area contributed by atoms with E-state index in [2.05, 4.69) is 10.3 Å². The fraction of sp³-hybridized carbons (Fsp3) is 0.421. The van der Waals surface area contributed by atoms with Crippen LogP contribution < -0.4 is 11.0 Å². The van der Waals surface area contributed by atoms with Gasteiger partial charge in [-0.05, 0) is 50.3 Å². The summed E-state index contributed by atoms with van der Waals surface area (Å²) in [7, 11) is 0. The molecule has 0 spiro atoms. The second-order valence-corrected chi connectivity index (χ2v) is 7.88. The number of halogens is 1. The van der Waals surface area contributed by atoms with Crippen molar-refractivity contribution in [3.63, 3.8) is 0 Å². The first-order chi connectivity index (χ1) is 13.0. The molecule has 8 heteroatoms. The summed E-state index contributed by atoms with van der Waals surface area (Å²) in [5.74, 6) is -0.0141. The summed E-state index contributed by atoms with van der Waals surface area (Å²) in [6.45, 7) is 2.06. The molecule has 1 aromatic heterocycles. The van der Waals surface area contributed by atoms with Crippen molar-refractivity contribution in [1.29, 1.82) is 0 Å². The number of carbonyl (C=O) groups is 1. The van der Waals surface area contributed by atoms with Gasteiger partial charge in [0.2, 0.25) is 5.91 Å². The van der Waals surface area contributed by atoms with E-state index in [9.17, 15) is 14.7 Å². The van der Waals surface area contributed by atoms with Crippen LogP contribution in [0.25, 0.3) is 0 Å². The third-order valence-electron chi connectivity index (χ3n) is 4.57. The molecule has 1 amide bonds. The summed E-state index contributed by atoms with van der Waals surface area (Å²) < 4.78 is 1.56. The van der Waals surface area contributed by atoms with Crippen LogP contribution in [0.3, 0.4) is 0 Å². The molecule has 0 saturated heterocycles. The van der Waals surface area contributed by atoms with E-state index in [1.807, 2.05) is 13.0 Å². The van der Waals surface area contributed by atoms with Gasteiger partial charge >= 0.3 is 5.69 Å². The minimum Gasteiger partial charge on any atom is -0.395 e. The number of benzene rings is 1. The SMILES string of the molecule is Cc1ccc(NC(=O)CSc2nc(=O)n(CCO)c3c2CCCC3)cc1Cl. The molecule has 1 aromatic carbocycles. The molecule has 3 rings (SSSR count). The van der Waals surface area contributed by atoms with Crippen molar-refractivity contribution in [1.82, 2.24) is 9.55 Å². The Morgan fingerprint density at radius 1 is 1.37 bits per heavy atom. The third-order valence-corrected chi connectivity index (χ3v) is 5.99. The zero-order valence-corrected chi connectivity index (χ0v) is 16.7. The third kappa shape index (κ3) is 4.72. The van der Waals surface area contributed by atoms with E-state index in [1.54, 1.807) is 16.7 Å². The molecular formula is C19H22ClN3O3S. The summed E-state index contributed by atoms with van der Waals surface area (Å²) in [5, 5.41) is 13.3. The van der Waals surface area contributed by atoms with Gasteiger partial charge in [-0.2, -0.15) is 4.98 Å². The van der Waals surface area contributed by atoms with Crippen molar-refractivity contribution in [3.05, 3.63) is 50.5 Å². The van der Waals surface area contributed by atoms with Gasteiger partial charge in [-0.25, -0.2) is 4.79 Å². The molecule has 0 bridgehead atoms. The molecular weight excluding hydrogens is 386 g/mol. The second kappa shape index (κ2) is 8.91. The molecule has 1 aliphatic rings. The number of aliphatic hydroxyl groups is 1. The van der Waals surface area contributed by atoms with E-state index in [1.165, 1.54) is 11.8 Å². The summed E-state index contributed by atoms with van der Waals surface area (Å²) in [6, 6.07) is 5.37. The van der Waals surface area contributed by atoms with Gasteiger partial charge in [-0.1, -0.05) is 29.4 Å². The molecule has 6 nitrogen and oxygen atoms in total. The lowest BCUT2D eigenvalue weighted by Gasteiger charge is -2.22. The van der Waals surface area contributed by atoms with E-state index >= 15 is 0 Å². The maximum atomic E-state index is 12.3. The number of carbonyl (C=O) groups excluding carboxylic acids is 1. The van der Waals surface area contributed by atoms with E-state index in [4.69, 9.17) is 11.6 Å². The summed E-state index contributed by atoms with van der Waals surface area (Å²) >= 11 is 7.36. The normalized spacial score (nSPS) is 13.3. The highest BCUT2D eigenvalue weighted by Crippen LogP contribution is 2.28. The molecule has 0 fully saturated rings. The smallest absolute Gasteiger partial charge is 0.348 e.